The van der Waals surface area contributed by atoms with E-state index in [9.17, 15) is 38.7 Å². The van der Waals surface area contributed by atoms with Crippen molar-refractivity contribution in [1.82, 2.24) is 31.5 Å². The molecule has 0 aromatic heterocycles. The van der Waals surface area contributed by atoms with Crippen molar-refractivity contribution in [1.29, 1.82) is 0 Å². The van der Waals surface area contributed by atoms with Gasteiger partial charge in [-0.2, -0.15) is 12.6 Å². The Kier molecular flexibility index (Phi) is 16.3. The molecule has 15 nitrogen and oxygen atoms in total. The summed E-state index contributed by atoms with van der Waals surface area (Å²) in [5.41, 5.74) is 5.63. The Morgan fingerprint density at radius 2 is 1.54 bits per heavy atom. The Hall–Kier alpha value is -3.66. The second-order valence-corrected chi connectivity index (χ2v) is 15.1. The van der Waals surface area contributed by atoms with Gasteiger partial charge >= 0.3 is 244 Å². The summed E-state index contributed by atoms with van der Waals surface area (Å²) < 4.78 is 0.968. The molecule has 266 valence electrons. The molecule has 0 aliphatic carbocycles. The van der Waals surface area contributed by atoms with Crippen molar-refractivity contribution in [2.24, 2.45) is 11.7 Å². The Balaban J connectivity index is 2.12. The molecule has 1 aliphatic rings. The van der Waals surface area contributed by atoms with Crippen molar-refractivity contribution in [3.05, 3.63) is 30.3 Å². The number of benzene rings is 1. The zero-order valence-electron chi connectivity index (χ0n) is 27.7. The maximum atomic E-state index is 13.5. The molecule has 48 heavy (non-hydrogen) atoms. The predicted octanol–water partition coefficient (Wildman–Crippen LogP) is -2.09. The van der Waals surface area contributed by atoms with Crippen molar-refractivity contribution in [3.63, 3.8) is 0 Å². The van der Waals surface area contributed by atoms with Crippen LogP contribution in [0, 0.1) is 5.92 Å². The SMILES string of the molecule is CC(C)[C@H](NC(=O)[C@H](C[Se]c1ccccc1)NC(=O)CNC(=O)[C@@H]1CCCN1C(=O)[C@H](NC(=O)[C@H](C)N)[C@H](C)S)C(=O)N[C@@H](C)C(=O)O. The van der Waals surface area contributed by atoms with Gasteiger partial charge in [-0.1, -0.05) is 6.92 Å². The third kappa shape index (κ3) is 12.4. The summed E-state index contributed by atoms with van der Waals surface area (Å²) in [6.07, 6.45) is 0.877. The second-order valence-electron chi connectivity index (χ2n) is 12.0. The Morgan fingerprint density at radius 3 is 2.10 bits per heavy atom. The van der Waals surface area contributed by atoms with Crippen LogP contribution in [0.15, 0.2) is 30.3 Å². The van der Waals surface area contributed by atoms with Gasteiger partial charge in [-0.05, 0) is 6.92 Å². The molecular formula is C31H47N7O8SSe. The zero-order valence-corrected chi connectivity index (χ0v) is 30.3. The number of carbonyl (C=O) groups is 7. The summed E-state index contributed by atoms with van der Waals surface area (Å²) in [6.45, 7) is 7.59. The number of nitrogens with two attached hydrogens (primary N) is 1. The van der Waals surface area contributed by atoms with E-state index in [4.69, 9.17) is 5.73 Å². The molecule has 17 heteroatoms. The van der Waals surface area contributed by atoms with Crippen LogP contribution in [0.1, 0.15) is 47.5 Å². The van der Waals surface area contributed by atoms with Crippen LogP contribution >= 0.6 is 12.6 Å². The molecular weight excluding hydrogens is 709 g/mol. The fourth-order valence-electron chi connectivity index (χ4n) is 4.72. The number of nitrogens with zero attached hydrogens (tertiary/aromatic N) is 1. The van der Waals surface area contributed by atoms with Gasteiger partial charge in [0.05, 0.1) is 6.04 Å². The number of hydrogen-bond acceptors (Lipinski definition) is 9. The Labute approximate surface area is 292 Å². The van der Waals surface area contributed by atoms with Crippen LogP contribution in [0.3, 0.4) is 0 Å². The van der Waals surface area contributed by atoms with Crippen molar-refractivity contribution in [2.75, 3.05) is 13.1 Å². The first-order valence-electron chi connectivity index (χ1n) is 15.7. The van der Waals surface area contributed by atoms with Gasteiger partial charge in [0.25, 0.3) is 0 Å². The van der Waals surface area contributed by atoms with Crippen LogP contribution in [-0.2, 0) is 33.6 Å². The molecule has 2 rings (SSSR count). The predicted molar refractivity (Wildman–Crippen MR) is 182 cm³/mol. The molecule has 0 bridgehead atoms. The molecule has 6 amide bonds. The third-order valence-corrected chi connectivity index (χ3v) is 10.1. The van der Waals surface area contributed by atoms with Gasteiger partial charge in [0.15, 0.2) is 0 Å². The van der Waals surface area contributed by atoms with E-state index in [-0.39, 0.29) is 26.8 Å². The molecule has 1 aromatic carbocycles. The van der Waals surface area contributed by atoms with E-state index in [0.717, 1.165) is 4.46 Å². The summed E-state index contributed by atoms with van der Waals surface area (Å²) in [4.78, 5) is 90.6. The van der Waals surface area contributed by atoms with Crippen molar-refractivity contribution >= 4 is 73.5 Å². The minimum atomic E-state index is -1.23. The van der Waals surface area contributed by atoms with E-state index >= 15 is 0 Å². The summed E-state index contributed by atoms with van der Waals surface area (Å²) in [5.74, 6) is -5.22. The average molecular weight is 757 g/mol. The molecule has 1 aromatic rings. The summed E-state index contributed by atoms with van der Waals surface area (Å²) >= 11 is 4.08. The molecule has 7 atom stereocenters. The van der Waals surface area contributed by atoms with Crippen LogP contribution in [0.2, 0.25) is 5.32 Å². The van der Waals surface area contributed by atoms with Crippen LogP contribution in [-0.4, -0.2) is 121 Å². The van der Waals surface area contributed by atoms with E-state index in [1.807, 2.05) is 30.3 Å². The van der Waals surface area contributed by atoms with E-state index < -0.39 is 95.4 Å². The molecule has 1 saturated heterocycles. The Bertz CT molecular complexity index is 1320. The fraction of sp³-hybridized carbons (Fsp3) is 0.581. The molecule has 1 aliphatic heterocycles. The van der Waals surface area contributed by atoms with Gasteiger partial charge in [0.1, 0.15) is 0 Å². The molecule has 0 radical (unpaired) electrons. The average Bonchev–Trinajstić information content (AvgIpc) is 3.53. The molecule has 0 spiro atoms. The number of nitrogens with one attached hydrogen (secondary N) is 5. The van der Waals surface area contributed by atoms with Gasteiger partial charge in [-0.25, -0.2) is 0 Å². The summed E-state index contributed by atoms with van der Waals surface area (Å²) in [5, 5.41) is 21.6. The topological polar surface area (TPSA) is 229 Å². The number of rotatable bonds is 17. The molecule has 8 N–H and O–H groups in total. The maximum absolute atomic E-state index is 13.5. The number of thiol groups is 1. The van der Waals surface area contributed by atoms with Gasteiger partial charge in [-0.15, -0.1) is 0 Å². The first kappa shape index (κ1) is 40.5. The van der Waals surface area contributed by atoms with Gasteiger partial charge in [-0.3, -0.25) is 4.79 Å². The fourth-order valence-corrected chi connectivity index (χ4v) is 6.90. The molecule has 0 unspecified atom stereocenters. The van der Waals surface area contributed by atoms with E-state index in [1.165, 1.54) is 18.7 Å². The number of amides is 6. The number of hydrogen-bond donors (Lipinski definition) is 8. The molecule has 1 heterocycles. The number of carboxylic acid groups (broad SMARTS) is 1. The van der Waals surface area contributed by atoms with Gasteiger partial charge in [0, 0.05) is 0 Å². The number of aliphatic carboxylic acids is 1. The quantitative estimate of drug-likeness (QED) is 0.0643. The standard InChI is InChI=1S/C31H47N7O8SSe/c1-16(2)24(29(43)34-18(4)31(45)46)36-27(41)21(15-48-20-10-7-6-8-11-20)35-23(39)14-33-28(42)22-12-9-13-38(22)30(44)25(19(5)47)37-26(40)17(3)32/h6-8,10-11,16-19,21-22,24-25,47H,9,12-15,32H2,1-5H3,(H,33,42)(H,34,43)(H,35,39)(H,36,41)(H,37,40)(H,45,46)/t17-,18-,19-,21-,22-,24-,25+/m0/s1. The van der Waals surface area contributed by atoms with E-state index in [0.29, 0.717) is 12.8 Å². The summed E-state index contributed by atoms with van der Waals surface area (Å²) in [7, 11) is 0. The number of carboxylic acids is 1. The van der Waals surface area contributed by atoms with Crippen molar-refractivity contribution < 1.29 is 38.7 Å². The number of carbonyl (C=O) groups excluding carboxylic acids is 6. The first-order valence-corrected chi connectivity index (χ1v) is 18.2. The minimum absolute atomic E-state index is 0.224. The van der Waals surface area contributed by atoms with Crippen LogP contribution < -0.4 is 36.8 Å². The second kappa shape index (κ2) is 19.4. The first-order chi connectivity index (χ1) is 22.5. The third-order valence-electron chi connectivity index (χ3n) is 7.51. The van der Waals surface area contributed by atoms with E-state index in [1.54, 1.807) is 20.8 Å². The van der Waals surface area contributed by atoms with Crippen molar-refractivity contribution in [3.8, 4) is 0 Å². The number of likely N-dealkylation sites (tertiary alicyclic amines) is 1. The zero-order chi connectivity index (χ0) is 36.1. The monoisotopic (exact) mass is 757 g/mol. The normalized spacial score (nSPS) is 18.0. The van der Waals surface area contributed by atoms with Crippen LogP contribution in [0.4, 0.5) is 0 Å². The van der Waals surface area contributed by atoms with Gasteiger partial charge in [0.2, 0.25) is 5.91 Å². The molecule has 0 saturated carbocycles. The van der Waals surface area contributed by atoms with Gasteiger partial charge < -0.3 is 5.73 Å². The van der Waals surface area contributed by atoms with Crippen LogP contribution in [0.5, 0.6) is 0 Å². The van der Waals surface area contributed by atoms with E-state index in [2.05, 4.69) is 39.2 Å². The Morgan fingerprint density at radius 1 is 0.917 bits per heavy atom. The van der Waals surface area contributed by atoms with Crippen molar-refractivity contribution in [2.45, 2.75) is 94.3 Å². The molecule has 1 fully saturated rings. The summed E-state index contributed by atoms with van der Waals surface area (Å²) in [6, 6.07) is 3.27. The van der Waals surface area contributed by atoms with Crippen LogP contribution in [0.25, 0.3) is 0 Å².